The van der Waals surface area contributed by atoms with Gasteiger partial charge < -0.3 is 10.6 Å². The number of carbonyl (C=O) groups is 1. The van der Waals surface area contributed by atoms with Crippen LogP contribution in [-0.2, 0) is 4.79 Å². The standard InChI is InChI=1S/C12H20N2O/c1-3-4-5-6-9-13-11(15)12(2)8-7-10-14-12/h1,14H,4-10H2,2H3,(H,13,15). The van der Waals surface area contributed by atoms with Crippen molar-refractivity contribution in [1.29, 1.82) is 0 Å². The molecule has 1 aliphatic heterocycles. The predicted octanol–water partition coefficient (Wildman–Crippen LogP) is 1.05. The number of terminal acetylenes is 1. The third-order valence-corrected chi connectivity index (χ3v) is 2.90. The highest BCUT2D eigenvalue weighted by Crippen LogP contribution is 2.18. The first-order valence-electron chi connectivity index (χ1n) is 5.66. The van der Waals surface area contributed by atoms with Crippen molar-refractivity contribution in [3.8, 4) is 12.3 Å². The van der Waals surface area contributed by atoms with Crippen molar-refractivity contribution in [3.05, 3.63) is 0 Å². The summed E-state index contributed by atoms with van der Waals surface area (Å²) in [5, 5.41) is 6.19. The van der Waals surface area contributed by atoms with Crippen LogP contribution in [0.25, 0.3) is 0 Å². The van der Waals surface area contributed by atoms with E-state index in [0.717, 1.165) is 45.2 Å². The van der Waals surface area contributed by atoms with Gasteiger partial charge in [-0.3, -0.25) is 4.79 Å². The monoisotopic (exact) mass is 208 g/mol. The molecule has 0 spiro atoms. The van der Waals surface area contributed by atoms with Gasteiger partial charge in [0, 0.05) is 13.0 Å². The molecular formula is C12H20N2O. The van der Waals surface area contributed by atoms with E-state index >= 15 is 0 Å². The third-order valence-electron chi connectivity index (χ3n) is 2.90. The molecule has 1 atom stereocenters. The molecule has 1 aliphatic rings. The lowest BCUT2D eigenvalue weighted by Gasteiger charge is -2.22. The van der Waals surface area contributed by atoms with E-state index in [9.17, 15) is 4.79 Å². The first-order chi connectivity index (χ1) is 7.19. The summed E-state index contributed by atoms with van der Waals surface area (Å²) in [6, 6.07) is 0. The fourth-order valence-electron chi connectivity index (χ4n) is 1.84. The molecule has 0 saturated carbocycles. The van der Waals surface area contributed by atoms with Gasteiger partial charge in [-0.05, 0) is 39.2 Å². The summed E-state index contributed by atoms with van der Waals surface area (Å²) in [5.74, 6) is 2.72. The number of rotatable bonds is 5. The second kappa shape index (κ2) is 5.77. The summed E-state index contributed by atoms with van der Waals surface area (Å²) in [4.78, 5) is 11.8. The maximum Gasteiger partial charge on any atom is 0.240 e. The van der Waals surface area contributed by atoms with Gasteiger partial charge in [-0.15, -0.1) is 12.3 Å². The summed E-state index contributed by atoms with van der Waals surface area (Å²) in [7, 11) is 0. The zero-order chi connectivity index (χ0) is 11.1. The second-order valence-electron chi connectivity index (χ2n) is 4.28. The Morgan fingerprint density at radius 1 is 1.60 bits per heavy atom. The van der Waals surface area contributed by atoms with Gasteiger partial charge in [-0.25, -0.2) is 0 Å². The summed E-state index contributed by atoms with van der Waals surface area (Å²) >= 11 is 0. The van der Waals surface area contributed by atoms with Crippen molar-refractivity contribution in [2.24, 2.45) is 0 Å². The number of carbonyl (C=O) groups excluding carboxylic acids is 1. The third kappa shape index (κ3) is 3.56. The molecule has 1 unspecified atom stereocenters. The van der Waals surface area contributed by atoms with Crippen molar-refractivity contribution in [1.82, 2.24) is 10.6 Å². The number of hydrogen-bond donors (Lipinski definition) is 2. The van der Waals surface area contributed by atoms with Crippen LogP contribution < -0.4 is 10.6 Å². The Labute approximate surface area is 92.0 Å². The molecule has 2 N–H and O–H groups in total. The van der Waals surface area contributed by atoms with Crippen LogP contribution in [-0.4, -0.2) is 24.5 Å². The predicted molar refractivity (Wildman–Crippen MR) is 61.3 cm³/mol. The van der Waals surface area contributed by atoms with E-state index in [2.05, 4.69) is 16.6 Å². The van der Waals surface area contributed by atoms with Crippen LogP contribution in [0, 0.1) is 12.3 Å². The minimum absolute atomic E-state index is 0.126. The van der Waals surface area contributed by atoms with Crippen LogP contribution in [0.4, 0.5) is 0 Å². The van der Waals surface area contributed by atoms with E-state index in [0.29, 0.717) is 0 Å². The minimum atomic E-state index is -0.341. The fourth-order valence-corrected chi connectivity index (χ4v) is 1.84. The fraction of sp³-hybridized carbons (Fsp3) is 0.750. The lowest BCUT2D eigenvalue weighted by molar-refractivity contribution is -0.126. The van der Waals surface area contributed by atoms with E-state index in [-0.39, 0.29) is 11.4 Å². The van der Waals surface area contributed by atoms with Crippen LogP contribution in [0.2, 0.25) is 0 Å². The lowest BCUT2D eigenvalue weighted by atomic mass is 9.99. The van der Waals surface area contributed by atoms with Crippen molar-refractivity contribution < 1.29 is 4.79 Å². The molecule has 0 radical (unpaired) electrons. The lowest BCUT2D eigenvalue weighted by Crippen LogP contribution is -2.51. The van der Waals surface area contributed by atoms with Gasteiger partial charge in [-0.2, -0.15) is 0 Å². The number of hydrogen-bond acceptors (Lipinski definition) is 2. The first kappa shape index (κ1) is 12.1. The van der Waals surface area contributed by atoms with Crippen molar-refractivity contribution >= 4 is 5.91 Å². The topological polar surface area (TPSA) is 41.1 Å². The van der Waals surface area contributed by atoms with E-state index < -0.39 is 0 Å². The Balaban J connectivity index is 2.16. The summed E-state index contributed by atoms with van der Waals surface area (Å²) in [6.07, 6.45) is 9.91. The summed E-state index contributed by atoms with van der Waals surface area (Å²) in [6.45, 7) is 3.65. The SMILES string of the molecule is C#CCCCCNC(=O)C1(C)CCCN1. The van der Waals surface area contributed by atoms with Gasteiger partial charge in [0.1, 0.15) is 0 Å². The first-order valence-corrected chi connectivity index (χ1v) is 5.66. The average molecular weight is 208 g/mol. The second-order valence-corrected chi connectivity index (χ2v) is 4.28. The quantitative estimate of drug-likeness (QED) is 0.524. The van der Waals surface area contributed by atoms with Gasteiger partial charge in [0.05, 0.1) is 5.54 Å². The molecule has 3 heteroatoms. The van der Waals surface area contributed by atoms with Crippen LogP contribution >= 0.6 is 0 Å². The van der Waals surface area contributed by atoms with E-state index in [1.165, 1.54) is 0 Å². The van der Waals surface area contributed by atoms with Crippen molar-refractivity contribution in [3.63, 3.8) is 0 Å². The van der Waals surface area contributed by atoms with Gasteiger partial charge in [0.2, 0.25) is 5.91 Å². The average Bonchev–Trinajstić information content (AvgIpc) is 2.66. The normalized spacial score (nSPS) is 24.8. The van der Waals surface area contributed by atoms with Crippen LogP contribution in [0.15, 0.2) is 0 Å². The molecule has 1 amide bonds. The molecule has 1 saturated heterocycles. The Kier molecular flexibility index (Phi) is 4.64. The minimum Gasteiger partial charge on any atom is -0.355 e. The number of amides is 1. The maximum atomic E-state index is 11.8. The van der Waals surface area contributed by atoms with E-state index in [1.807, 2.05) is 6.92 Å². The molecule has 84 valence electrons. The number of unbranched alkanes of at least 4 members (excludes halogenated alkanes) is 2. The van der Waals surface area contributed by atoms with Gasteiger partial charge in [0.15, 0.2) is 0 Å². The van der Waals surface area contributed by atoms with E-state index in [1.54, 1.807) is 0 Å². The number of nitrogens with one attached hydrogen (secondary N) is 2. The maximum absolute atomic E-state index is 11.8. The van der Waals surface area contributed by atoms with Gasteiger partial charge >= 0.3 is 0 Å². The molecule has 0 aliphatic carbocycles. The molecule has 0 bridgehead atoms. The summed E-state index contributed by atoms with van der Waals surface area (Å²) in [5.41, 5.74) is -0.341. The molecule has 15 heavy (non-hydrogen) atoms. The highest BCUT2D eigenvalue weighted by atomic mass is 16.2. The molecule has 0 aromatic heterocycles. The van der Waals surface area contributed by atoms with Crippen LogP contribution in [0.1, 0.15) is 39.0 Å². The molecule has 3 nitrogen and oxygen atoms in total. The van der Waals surface area contributed by atoms with Gasteiger partial charge in [-0.1, -0.05) is 0 Å². The van der Waals surface area contributed by atoms with Crippen LogP contribution in [0.3, 0.4) is 0 Å². The Morgan fingerprint density at radius 3 is 3.00 bits per heavy atom. The largest absolute Gasteiger partial charge is 0.355 e. The Bertz CT molecular complexity index is 249. The molecule has 0 aromatic carbocycles. The zero-order valence-electron chi connectivity index (χ0n) is 9.44. The molecule has 1 fully saturated rings. The zero-order valence-corrected chi connectivity index (χ0v) is 9.44. The van der Waals surface area contributed by atoms with Crippen molar-refractivity contribution in [2.75, 3.05) is 13.1 Å². The smallest absolute Gasteiger partial charge is 0.240 e. The molecular weight excluding hydrogens is 188 g/mol. The van der Waals surface area contributed by atoms with Crippen molar-refractivity contribution in [2.45, 2.75) is 44.6 Å². The highest BCUT2D eigenvalue weighted by Gasteiger charge is 2.35. The molecule has 1 rings (SSSR count). The molecule has 1 heterocycles. The molecule has 0 aromatic rings. The highest BCUT2D eigenvalue weighted by molar-refractivity contribution is 5.86. The van der Waals surface area contributed by atoms with Crippen LogP contribution in [0.5, 0.6) is 0 Å². The Hall–Kier alpha value is -1.01. The van der Waals surface area contributed by atoms with E-state index in [4.69, 9.17) is 6.42 Å². The Morgan fingerprint density at radius 2 is 2.40 bits per heavy atom. The van der Waals surface area contributed by atoms with Gasteiger partial charge in [0.25, 0.3) is 0 Å². The summed E-state index contributed by atoms with van der Waals surface area (Å²) < 4.78 is 0.